The molecule has 0 amide bonds. The number of aryl methyl sites for hydroxylation is 2. The highest BCUT2D eigenvalue weighted by Crippen LogP contribution is 2.36. The molecule has 0 aromatic carbocycles. The summed E-state index contributed by atoms with van der Waals surface area (Å²) in [6.45, 7) is 8.50. The fraction of sp³-hybridized carbons (Fsp3) is 0.714. The fourth-order valence-corrected chi connectivity index (χ4v) is 5.79. The number of hydrogen-bond donors (Lipinski definition) is 1. The molecule has 2 fully saturated rings. The van der Waals surface area contributed by atoms with Gasteiger partial charge in [-0.2, -0.15) is 0 Å². The smallest absolute Gasteiger partial charge is 0.138 e. The summed E-state index contributed by atoms with van der Waals surface area (Å²) in [5, 5.41) is 5.08. The largest absolute Gasteiger partial charge is 0.379 e. The zero-order valence-corrected chi connectivity index (χ0v) is 17.5. The molecule has 0 spiro atoms. The highest BCUT2D eigenvalue weighted by atomic mass is 32.1. The molecule has 4 rings (SSSR count). The van der Waals surface area contributed by atoms with Crippen LogP contribution in [-0.4, -0.2) is 53.3 Å². The molecule has 2 aromatic rings. The van der Waals surface area contributed by atoms with Crippen LogP contribution in [0, 0.1) is 0 Å². The van der Waals surface area contributed by atoms with Crippen LogP contribution in [0.4, 0.5) is 5.82 Å². The van der Waals surface area contributed by atoms with E-state index in [1.54, 1.807) is 6.33 Å². The second-order valence-electron chi connectivity index (χ2n) is 7.81. The van der Waals surface area contributed by atoms with E-state index in [0.717, 1.165) is 62.3 Å². The molecule has 1 aliphatic carbocycles. The molecule has 6 heteroatoms. The third kappa shape index (κ3) is 4.13. The van der Waals surface area contributed by atoms with Crippen LogP contribution in [0.1, 0.15) is 56.4 Å². The van der Waals surface area contributed by atoms with E-state index in [4.69, 9.17) is 4.74 Å². The molecule has 2 aromatic heterocycles. The Labute approximate surface area is 166 Å². The van der Waals surface area contributed by atoms with Gasteiger partial charge in [0.2, 0.25) is 0 Å². The number of fused-ring (bicyclic) bond motifs is 1. The van der Waals surface area contributed by atoms with Gasteiger partial charge in [-0.1, -0.05) is 20.3 Å². The summed E-state index contributed by atoms with van der Waals surface area (Å²) in [5.41, 5.74) is 1.48. The minimum atomic E-state index is 0.528. The second-order valence-corrected chi connectivity index (χ2v) is 8.89. The summed E-state index contributed by atoms with van der Waals surface area (Å²) in [6.07, 6.45) is 10.1. The van der Waals surface area contributed by atoms with E-state index in [9.17, 15) is 0 Å². The number of anilines is 1. The quantitative estimate of drug-likeness (QED) is 0.801. The molecule has 3 heterocycles. The number of nitrogens with zero attached hydrogens (tertiary/aromatic N) is 3. The topological polar surface area (TPSA) is 50.3 Å². The maximum Gasteiger partial charge on any atom is 0.138 e. The van der Waals surface area contributed by atoms with Gasteiger partial charge in [0.05, 0.1) is 18.6 Å². The average molecular weight is 389 g/mol. The monoisotopic (exact) mass is 388 g/mol. The van der Waals surface area contributed by atoms with Crippen molar-refractivity contribution in [2.45, 2.75) is 70.9 Å². The highest BCUT2D eigenvalue weighted by molar-refractivity contribution is 7.18. The summed E-state index contributed by atoms with van der Waals surface area (Å²) in [5.74, 6) is 1.06. The Kier molecular flexibility index (Phi) is 6.25. The Morgan fingerprint density at radius 1 is 1.15 bits per heavy atom. The summed E-state index contributed by atoms with van der Waals surface area (Å²) in [7, 11) is 0. The molecular formula is C21H32N4OS. The lowest BCUT2D eigenvalue weighted by Gasteiger charge is -2.39. The van der Waals surface area contributed by atoms with Crippen molar-refractivity contribution in [1.29, 1.82) is 0 Å². The van der Waals surface area contributed by atoms with Gasteiger partial charge in [-0.25, -0.2) is 9.97 Å². The van der Waals surface area contributed by atoms with Crippen molar-refractivity contribution in [2.24, 2.45) is 0 Å². The number of rotatable bonds is 6. The lowest BCUT2D eigenvalue weighted by Crippen LogP contribution is -2.46. The summed E-state index contributed by atoms with van der Waals surface area (Å²) >= 11 is 1.85. The van der Waals surface area contributed by atoms with Crippen LogP contribution in [0.2, 0.25) is 0 Å². The van der Waals surface area contributed by atoms with Crippen molar-refractivity contribution in [3.63, 3.8) is 0 Å². The van der Waals surface area contributed by atoms with Gasteiger partial charge in [0.15, 0.2) is 0 Å². The van der Waals surface area contributed by atoms with E-state index < -0.39 is 0 Å². The van der Waals surface area contributed by atoms with E-state index >= 15 is 0 Å². The molecule has 1 saturated heterocycles. The lowest BCUT2D eigenvalue weighted by molar-refractivity contribution is 0.00791. The predicted octanol–water partition coefficient (Wildman–Crippen LogP) is 4.26. The number of nitrogens with one attached hydrogen (secondary N) is 1. The van der Waals surface area contributed by atoms with Gasteiger partial charge in [0.1, 0.15) is 17.0 Å². The zero-order chi connectivity index (χ0) is 18.6. The molecule has 1 aliphatic heterocycles. The van der Waals surface area contributed by atoms with Crippen molar-refractivity contribution in [3.05, 3.63) is 16.8 Å². The Morgan fingerprint density at radius 3 is 2.63 bits per heavy atom. The zero-order valence-electron chi connectivity index (χ0n) is 16.7. The molecule has 1 saturated carbocycles. The number of ether oxygens (including phenoxy) is 1. The van der Waals surface area contributed by atoms with Crippen LogP contribution in [-0.2, 0) is 17.6 Å². The fourth-order valence-electron chi connectivity index (χ4n) is 4.67. The van der Waals surface area contributed by atoms with E-state index in [-0.39, 0.29) is 0 Å². The Hall–Kier alpha value is -1.24. The highest BCUT2D eigenvalue weighted by Gasteiger charge is 2.27. The first-order chi connectivity index (χ1) is 13.3. The van der Waals surface area contributed by atoms with Crippen molar-refractivity contribution in [2.75, 3.05) is 31.6 Å². The number of hydrogen-bond acceptors (Lipinski definition) is 6. The van der Waals surface area contributed by atoms with Gasteiger partial charge in [-0.3, -0.25) is 4.90 Å². The van der Waals surface area contributed by atoms with Gasteiger partial charge >= 0.3 is 0 Å². The van der Waals surface area contributed by atoms with Crippen LogP contribution in [0.5, 0.6) is 0 Å². The van der Waals surface area contributed by atoms with Gasteiger partial charge in [0, 0.05) is 30.1 Å². The standard InChI is InChI=1S/C21H32N4OS/c1-3-5-17-18(4-2)27-21-19(17)20(22-14-23-21)24-15-6-8-16(9-7-15)25-10-12-26-13-11-25/h14-16H,3-13H2,1-2H3,(H,22,23,24). The normalized spacial score (nSPS) is 24.4. The van der Waals surface area contributed by atoms with Crippen LogP contribution in [0.3, 0.4) is 0 Å². The molecule has 5 nitrogen and oxygen atoms in total. The van der Waals surface area contributed by atoms with E-state index in [1.165, 1.54) is 41.5 Å². The third-order valence-electron chi connectivity index (χ3n) is 6.09. The van der Waals surface area contributed by atoms with Gasteiger partial charge < -0.3 is 10.1 Å². The molecule has 0 bridgehead atoms. The number of thiophene rings is 1. The summed E-state index contributed by atoms with van der Waals surface area (Å²) in [4.78, 5) is 14.5. The molecule has 0 atom stereocenters. The Morgan fingerprint density at radius 2 is 1.93 bits per heavy atom. The first-order valence-electron chi connectivity index (χ1n) is 10.6. The van der Waals surface area contributed by atoms with Crippen LogP contribution in [0.15, 0.2) is 6.33 Å². The molecule has 0 radical (unpaired) electrons. The molecule has 0 unspecified atom stereocenters. The van der Waals surface area contributed by atoms with E-state index in [1.807, 2.05) is 11.3 Å². The van der Waals surface area contributed by atoms with Crippen molar-refractivity contribution in [1.82, 2.24) is 14.9 Å². The second kappa shape index (κ2) is 8.84. The first-order valence-corrected chi connectivity index (χ1v) is 11.4. The van der Waals surface area contributed by atoms with Gasteiger partial charge in [-0.15, -0.1) is 11.3 Å². The summed E-state index contributed by atoms with van der Waals surface area (Å²) < 4.78 is 5.51. The Bertz CT molecular complexity index is 748. The van der Waals surface area contributed by atoms with Crippen LogP contribution in [0.25, 0.3) is 10.2 Å². The third-order valence-corrected chi connectivity index (χ3v) is 7.38. The molecule has 2 aliphatic rings. The molecular weight excluding hydrogens is 356 g/mol. The maximum absolute atomic E-state index is 5.51. The number of aromatic nitrogens is 2. The van der Waals surface area contributed by atoms with Crippen molar-refractivity contribution >= 4 is 27.4 Å². The van der Waals surface area contributed by atoms with Gasteiger partial charge in [0.25, 0.3) is 0 Å². The predicted molar refractivity (Wildman–Crippen MR) is 113 cm³/mol. The van der Waals surface area contributed by atoms with Crippen molar-refractivity contribution in [3.8, 4) is 0 Å². The van der Waals surface area contributed by atoms with Gasteiger partial charge in [-0.05, 0) is 44.1 Å². The van der Waals surface area contributed by atoms with Crippen LogP contribution < -0.4 is 5.32 Å². The summed E-state index contributed by atoms with van der Waals surface area (Å²) in [6, 6.07) is 1.26. The molecule has 148 valence electrons. The molecule has 1 N–H and O–H groups in total. The van der Waals surface area contributed by atoms with E-state index in [2.05, 4.69) is 34.0 Å². The molecule has 27 heavy (non-hydrogen) atoms. The minimum Gasteiger partial charge on any atom is -0.379 e. The SMILES string of the molecule is CCCc1c(CC)sc2ncnc(NC3CCC(N4CCOCC4)CC3)c12. The average Bonchev–Trinajstić information content (AvgIpc) is 3.08. The number of morpholine rings is 1. The minimum absolute atomic E-state index is 0.528. The van der Waals surface area contributed by atoms with E-state index in [0.29, 0.717) is 6.04 Å². The lowest BCUT2D eigenvalue weighted by atomic mass is 9.90. The maximum atomic E-state index is 5.51. The Balaban J connectivity index is 1.47. The first kappa shape index (κ1) is 19.1. The van der Waals surface area contributed by atoms with Crippen molar-refractivity contribution < 1.29 is 4.74 Å². The van der Waals surface area contributed by atoms with Crippen LogP contribution >= 0.6 is 11.3 Å².